The van der Waals surface area contributed by atoms with Gasteiger partial charge in [0.25, 0.3) is 0 Å². The van der Waals surface area contributed by atoms with Crippen LogP contribution in [0.2, 0.25) is 0 Å². The lowest BCUT2D eigenvalue weighted by molar-refractivity contribution is -0.192. The summed E-state index contributed by atoms with van der Waals surface area (Å²) < 4.78 is 39.0. The molecule has 2 aromatic carbocycles. The van der Waals surface area contributed by atoms with Crippen LogP contribution in [0.3, 0.4) is 0 Å². The van der Waals surface area contributed by atoms with Gasteiger partial charge in [0.1, 0.15) is 0 Å². The van der Waals surface area contributed by atoms with Crippen molar-refractivity contribution < 1.29 is 32.6 Å². The molecule has 3 N–H and O–H groups in total. The van der Waals surface area contributed by atoms with Crippen molar-refractivity contribution in [2.24, 2.45) is 10.9 Å². The van der Waals surface area contributed by atoms with Gasteiger partial charge in [-0.15, -0.1) is 0 Å². The third-order valence-electron chi connectivity index (χ3n) is 4.48. The van der Waals surface area contributed by atoms with Gasteiger partial charge in [-0.05, 0) is 41.7 Å². The lowest BCUT2D eigenvalue weighted by Crippen LogP contribution is -2.21. The van der Waals surface area contributed by atoms with E-state index >= 15 is 0 Å². The number of carbonyl (C=O) groups excluding carboxylic acids is 1. The number of esters is 1. The average molecular weight is 475 g/mol. The summed E-state index contributed by atoms with van der Waals surface area (Å²) >= 11 is 0. The van der Waals surface area contributed by atoms with Crippen molar-refractivity contribution in [2.75, 3.05) is 6.61 Å². The van der Waals surface area contributed by atoms with Crippen molar-refractivity contribution in [3.05, 3.63) is 94.8 Å². The quantitative estimate of drug-likeness (QED) is 0.230. The van der Waals surface area contributed by atoms with Gasteiger partial charge in [-0.2, -0.15) is 18.3 Å². The topological polar surface area (TPSA) is 107 Å². The fourth-order valence-corrected chi connectivity index (χ4v) is 3.06. The van der Waals surface area contributed by atoms with Crippen molar-refractivity contribution in [1.29, 1.82) is 0 Å². The number of carboxylic acid groups (broad SMARTS) is 1. The highest BCUT2D eigenvalue weighted by Gasteiger charge is 2.38. The molecular weight excluding hydrogens is 451 g/mol. The van der Waals surface area contributed by atoms with Gasteiger partial charge in [0.15, 0.2) is 0 Å². The van der Waals surface area contributed by atoms with Crippen molar-refractivity contribution >= 4 is 18.2 Å². The molecule has 3 rings (SSSR count). The summed E-state index contributed by atoms with van der Waals surface area (Å²) in [5.74, 6) is 2.19. The molecule has 0 amide bonds. The molecule has 0 aliphatic heterocycles. The Labute approximate surface area is 194 Å². The van der Waals surface area contributed by atoms with Crippen LogP contribution in [0.25, 0.3) is 0 Å². The third-order valence-corrected chi connectivity index (χ3v) is 4.48. The highest BCUT2D eigenvalue weighted by Crippen LogP contribution is 2.19. The second-order valence-electron chi connectivity index (χ2n) is 7.08. The van der Waals surface area contributed by atoms with E-state index in [1.807, 2.05) is 66.3 Å². The van der Waals surface area contributed by atoms with Gasteiger partial charge in [-0.25, -0.2) is 9.59 Å². The lowest BCUT2D eigenvalue weighted by atomic mass is 10.0. The van der Waals surface area contributed by atoms with Crippen molar-refractivity contribution in [2.45, 2.75) is 26.1 Å². The van der Waals surface area contributed by atoms with E-state index in [0.29, 0.717) is 25.1 Å². The highest BCUT2D eigenvalue weighted by molar-refractivity contribution is 5.91. The van der Waals surface area contributed by atoms with Crippen molar-refractivity contribution in [3.63, 3.8) is 0 Å². The Bertz CT molecular complexity index is 1130. The number of carbonyl (C=O) groups is 2. The first-order chi connectivity index (χ1) is 16.1. The predicted molar refractivity (Wildman–Crippen MR) is 121 cm³/mol. The van der Waals surface area contributed by atoms with Crippen LogP contribution in [0, 0.1) is 0 Å². The van der Waals surface area contributed by atoms with Crippen LogP contribution < -0.4 is 5.84 Å². The molecular formula is C24H24F3N3O4. The largest absolute Gasteiger partial charge is 0.490 e. The molecule has 3 aromatic rings. The summed E-state index contributed by atoms with van der Waals surface area (Å²) in [6, 6.07) is 18.1. The zero-order valence-corrected chi connectivity index (χ0v) is 18.3. The maximum Gasteiger partial charge on any atom is 0.490 e. The number of hydrogen-bond acceptors (Lipinski definition) is 5. The van der Waals surface area contributed by atoms with E-state index in [1.165, 1.54) is 5.56 Å². The third kappa shape index (κ3) is 8.12. The van der Waals surface area contributed by atoms with Crippen LogP contribution in [0.15, 0.2) is 72.1 Å². The Hall–Kier alpha value is -4.08. The maximum absolute atomic E-state index is 12.4. The number of hydrogen-bond donors (Lipinski definition) is 2. The molecule has 0 saturated heterocycles. The number of nitrogens with two attached hydrogens (primary N) is 1. The molecule has 0 atom stereocenters. The summed E-state index contributed by atoms with van der Waals surface area (Å²) in [7, 11) is 0. The van der Waals surface area contributed by atoms with Gasteiger partial charge in [0.2, 0.25) is 0 Å². The minimum Gasteiger partial charge on any atom is -0.475 e. The van der Waals surface area contributed by atoms with Crippen LogP contribution in [-0.2, 0) is 22.5 Å². The van der Waals surface area contributed by atoms with Gasteiger partial charge >= 0.3 is 18.1 Å². The Balaban J connectivity index is 0.000000509. The number of carboxylic acids is 1. The second kappa shape index (κ2) is 12.2. The maximum atomic E-state index is 12.4. The van der Waals surface area contributed by atoms with Crippen molar-refractivity contribution in [1.82, 2.24) is 4.57 Å². The van der Waals surface area contributed by atoms with Crippen molar-refractivity contribution in [3.8, 4) is 0 Å². The SMILES string of the molecule is CCOC(=O)c1cn(Cc2ccccc2)cc1Cc1cccc(/C=N\N)c1.O=C(O)C(F)(F)F. The molecule has 7 nitrogen and oxygen atoms in total. The molecule has 10 heteroatoms. The Morgan fingerprint density at radius 1 is 1.09 bits per heavy atom. The Morgan fingerprint density at radius 2 is 1.74 bits per heavy atom. The molecule has 0 spiro atoms. The van der Waals surface area contributed by atoms with E-state index < -0.39 is 12.1 Å². The standard InChI is InChI=1S/C22H23N3O2.C2HF3O2/c1-2-27-22(26)21-16-25(14-17-7-4-3-5-8-17)15-20(21)12-18-9-6-10-19(11-18)13-24-23;3-2(4,5)1(6)7/h3-11,13,15-16H,2,12,14,23H2,1H3;(H,6,7)/b24-13-;. The van der Waals surface area contributed by atoms with Gasteiger partial charge in [0.05, 0.1) is 18.4 Å². The normalized spacial score (nSPS) is 11.1. The van der Waals surface area contributed by atoms with Crippen LogP contribution in [-0.4, -0.2) is 40.6 Å². The molecule has 0 fully saturated rings. The molecule has 0 saturated carbocycles. The number of aromatic nitrogens is 1. The minimum atomic E-state index is -5.08. The molecule has 0 aliphatic rings. The summed E-state index contributed by atoms with van der Waals surface area (Å²) in [6.45, 7) is 2.87. The predicted octanol–water partition coefficient (Wildman–Crippen LogP) is 4.23. The highest BCUT2D eigenvalue weighted by atomic mass is 19.4. The Kier molecular flexibility index (Phi) is 9.42. The van der Waals surface area contributed by atoms with E-state index in [-0.39, 0.29) is 5.97 Å². The number of aliphatic carboxylic acids is 1. The van der Waals surface area contributed by atoms with Gasteiger partial charge in [-0.3, -0.25) is 0 Å². The molecule has 1 aromatic heterocycles. The van der Waals surface area contributed by atoms with Gasteiger partial charge in [-0.1, -0.05) is 48.5 Å². The molecule has 0 unspecified atom stereocenters. The van der Waals surface area contributed by atoms with Gasteiger partial charge in [0, 0.05) is 18.9 Å². The zero-order chi connectivity index (χ0) is 25.1. The molecule has 0 bridgehead atoms. The summed E-state index contributed by atoms with van der Waals surface area (Å²) in [5, 5.41) is 10.7. The fraction of sp³-hybridized carbons (Fsp3) is 0.208. The van der Waals surface area contributed by atoms with E-state index in [2.05, 4.69) is 17.2 Å². The number of alkyl halides is 3. The number of benzene rings is 2. The molecule has 1 heterocycles. The summed E-state index contributed by atoms with van der Waals surface area (Å²) in [4.78, 5) is 21.3. The summed E-state index contributed by atoms with van der Waals surface area (Å²) in [6.07, 6.45) is 1.03. The van der Waals surface area contributed by atoms with E-state index in [9.17, 15) is 18.0 Å². The van der Waals surface area contributed by atoms with Crippen LogP contribution >= 0.6 is 0 Å². The smallest absolute Gasteiger partial charge is 0.475 e. The molecule has 180 valence electrons. The molecule has 0 radical (unpaired) electrons. The number of hydrazone groups is 1. The van der Waals surface area contributed by atoms with E-state index in [1.54, 1.807) is 6.21 Å². The molecule has 34 heavy (non-hydrogen) atoms. The first-order valence-corrected chi connectivity index (χ1v) is 10.2. The van der Waals surface area contributed by atoms with Crippen LogP contribution in [0.5, 0.6) is 0 Å². The summed E-state index contributed by atoms with van der Waals surface area (Å²) in [5.41, 5.74) is 4.72. The average Bonchev–Trinajstić information content (AvgIpc) is 3.17. The second-order valence-corrected chi connectivity index (χ2v) is 7.08. The zero-order valence-electron chi connectivity index (χ0n) is 18.3. The lowest BCUT2D eigenvalue weighted by Gasteiger charge is -2.05. The first kappa shape index (κ1) is 26.2. The first-order valence-electron chi connectivity index (χ1n) is 10.2. The van der Waals surface area contributed by atoms with Crippen LogP contribution in [0.1, 0.15) is 39.5 Å². The fourth-order valence-electron chi connectivity index (χ4n) is 3.06. The Morgan fingerprint density at radius 3 is 2.32 bits per heavy atom. The number of nitrogens with zero attached hydrogens (tertiary/aromatic N) is 2. The van der Waals surface area contributed by atoms with E-state index in [4.69, 9.17) is 20.5 Å². The monoisotopic (exact) mass is 475 g/mol. The van der Waals surface area contributed by atoms with Gasteiger partial charge < -0.3 is 20.3 Å². The molecule has 0 aliphatic carbocycles. The number of halogens is 3. The van der Waals surface area contributed by atoms with E-state index in [0.717, 1.165) is 16.7 Å². The number of rotatable bonds is 7. The number of ether oxygens (including phenoxy) is 1. The van der Waals surface area contributed by atoms with Crippen LogP contribution in [0.4, 0.5) is 13.2 Å². The minimum absolute atomic E-state index is 0.293.